The lowest BCUT2D eigenvalue weighted by Gasteiger charge is -2.32. The zero-order valence-electron chi connectivity index (χ0n) is 20.0. The Kier molecular flexibility index (Phi) is 6.98. The molecule has 4 rings (SSSR count). The molecule has 35 heavy (non-hydrogen) atoms. The molecule has 1 aromatic heterocycles. The first-order valence-corrected chi connectivity index (χ1v) is 13.0. The molecule has 0 spiro atoms. The smallest absolute Gasteiger partial charge is 0.287 e. The van der Waals surface area contributed by atoms with Crippen LogP contribution in [0.15, 0.2) is 63.9 Å². The average Bonchev–Trinajstić information content (AvgIpc) is 3.25. The van der Waals surface area contributed by atoms with Gasteiger partial charge in [-0.2, -0.15) is 0 Å². The summed E-state index contributed by atoms with van der Waals surface area (Å²) in [4.78, 5) is 27.3. The number of hydrogen-bond acceptors (Lipinski definition) is 5. The molecule has 2 aromatic carbocycles. The van der Waals surface area contributed by atoms with Crippen LogP contribution in [-0.2, 0) is 10.0 Å². The minimum Gasteiger partial charge on any atom is -0.456 e. The van der Waals surface area contributed by atoms with Crippen molar-refractivity contribution >= 4 is 27.5 Å². The molecule has 1 saturated heterocycles. The lowest BCUT2D eigenvalue weighted by Crippen LogP contribution is -2.46. The molecule has 1 fully saturated rings. The normalized spacial score (nSPS) is 14.5. The SMILES string of the molecule is Cc1cccc(NS(=O)(=O)c2ccc(C)c(C(=O)N3CCC(NC(=O)c4ccc(C)o4)CC3)c2)c1. The standard InChI is InChI=1S/C26H29N3O5S/c1-17-5-4-6-21(15-17)28-35(32,33)22-9-7-18(2)23(16-22)26(31)29-13-11-20(12-14-29)27-25(30)24-10-8-19(3)34-24/h4-10,15-16,20,28H,11-14H2,1-3H3,(H,27,30). The third-order valence-corrected chi connectivity index (χ3v) is 7.48. The van der Waals surface area contributed by atoms with Crippen LogP contribution in [0, 0.1) is 20.8 Å². The minimum absolute atomic E-state index is 0.0313. The number of likely N-dealkylation sites (tertiary alicyclic amines) is 1. The van der Waals surface area contributed by atoms with Crippen molar-refractivity contribution in [1.82, 2.24) is 10.2 Å². The molecular formula is C26H29N3O5S. The van der Waals surface area contributed by atoms with Crippen molar-refractivity contribution in [2.75, 3.05) is 17.8 Å². The van der Waals surface area contributed by atoms with Gasteiger partial charge in [-0.3, -0.25) is 14.3 Å². The van der Waals surface area contributed by atoms with Crippen LogP contribution in [0.2, 0.25) is 0 Å². The molecule has 0 unspecified atom stereocenters. The van der Waals surface area contributed by atoms with Crippen LogP contribution in [0.4, 0.5) is 5.69 Å². The highest BCUT2D eigenvalue weighted by Crippen LogP contribution is 2.22. The van der Waals surface area contributed by atoms with Gasteiger partial charge in [-0.15, -0.1) is 0 Å². The summed E-state index contributed by atoms with van der Waals surface area (Å²) in [6.45, 7) is 6.36. The van der Waals surface area contributed by atoms with E-state index in [2.05, 4.69) is 10.0 Å². The van der Waals surface area contributed by atoms with Gasteiger partial charge < -0.3 is 14.6 Å². The van der Waals surface area contributed by atoms with E-state index in [0.717, 1.165) is 5.56 Å². The van der Waals surface area contributed by atoms with Gasteiger partial charge in [0.15, 0.2) is 5.76 Å². The second-order valence-electron chi connectivity index (χ2n) is 8.90. The predicted octanol–water partition coefficient (Wildman–Crippen LogP) is 4.04. The number of hydrogen-bond donors (Lipinski definition) is 2. The van der Waals surface area contributed by atoms with Gasteiger partial charge in [0.1, 0.15) is 5.76 Å². The molecule has 1 aliphatic rings. The molecule has 0 atom stereocenters. The van der Waals surface area contributed by atoms with Crippen molar-refractivity contribution in [2.24, 2.45) is 0 Å². The van der Waals surface area contributed by atoms with Crippen LogP contribution in [0.25, 0.3) is 0 Å². The van der Waals surface area contributed by atoms with Gasteiger partial charge in [-0.05, 0) is 81.1 Å². The highest BCUT2D eigenvalue weighted by molar-refractivity contribution is 7.92. The van der Waals surface area contributed by atoms with E-state index in [1.807, 2.05) is 13.0 Å². The van der Waals surface area contributed by atoms with Gasteiger partial charge in [0.25, 0.3) is 21.8 Å². The van der Waals surface area contributed by atoms with Crippen molar-refractivity contribution in [1.29, 1.82) is 0 Å². The van der Waals surface area contributed by atoms with E-state index < -0.39 is 10.0 Å². The number of sulfonamides is 1. The average molecular weight is 496 g/mol. The number of nitrogens with one attached hydrogen (secondary N) is 2. The Hall–Kier alpha value is -3.59. The Labute approximate surface area is 205 Å². The maximum absolute atomic E-state index is 13.3. The molecule has 8 nitrogen and oxygen atoms in total. The van der Waals surface area contributed by atoms with Crippen LogP contribution < -0.4 is 10.0 Å². The molecule has 1 aliphatic heterocycles. The van der Waals surface area contributed by atoms with Gasteiger partial charge >= 0.3 is 0 Å². The maximum Gasteiger partial charge on any atom is 0.287 e. The molecule has 0 radical (unpaired) electrons. The largest absolute Gasteiger partial charge is 0.456 e. The van der Waals surface area contributed by atoms with Gasteiger partial charge in [0.05, 0.1) is 4.90 Å². The summed E-state index contributed by atoms with van der Waals surface area (Å²) >= 11 is 0. The molecule has 0 aliphatic carbocycles. The molecule has 3 aromatic rings. The van der Waals surface area contributed by atoms with Gasteiger partial charge in [0, 0.05) is 30.4 Å². The fraction of sp³-hybridized carbons (Fsp3) is 0.308. The molecule has 2 amide bonds. The van der Waals surface area contributed by atoms with Gasteiger partial charge in [-0.1, -0.05) is 18.2 Å². The molecular weight excluding hydrogens is 466 g/mol. The Morgan fingerprint density at radius 3 is 2.37 bits per heavy atom. The van der Waals surface area contributed by atoms with Crippen molar-refractivity contribution < 1.29 is 22.4 Å². The van der Waals surface area contributed by atoms with E-state index in [1.165, 1.54) is 12.1 Å². The number of aryl methyl sites for hydroxylation is 3. The fourth-order valence-electron chi connectivity index (χ4n) is 4.13. The summed E-state index contributed by atoms with van der Waals surface area (Å²) in [5.41, 5.74) is 2.45. The lowest BCUT2D eigenvalue weighted by atomic mass is 10.0. The van der Waals surface area contributed by atoms with Gasteiger partial charge in [0.2, 0.25) is 0 Å². The number of nitrogens with zero attached hydrogens (tertiary/aromatic N) is 1. The van der Waals surface area contributed by atoms with E-state index in [1.54, 1.807) is 55.1 Å². The van der Waals surface area contributed by atoms with Crippen molar-refractivity contribution in [3.8, 4) is 0 Å². The lowest BCUT2D eigenvalue weighted by molar-refractivity contribution is 0.0694. The second kappa shape index (κ2) is 9.95. The van der Waals surface area contributed by atoms with Crippen molar-refractivity contribution in [2.45, 2.75) is 44.6 Å². The highest BCUT2D eigenvalue weighted by atomic mass is 32.2. The molecule has 9 heteroatoms. The van der Waals surface area contributed by atoms with E-state index in [9.17, 15) is 18.0 Å². The number of benzene rings is 2. The minimum atomic E-state index is -3.86. The number of carbonyl (C=O) groups excluding carboxylic acids is 2. The number of rotatable bonds is 6. The third-order valence-electron chi connectivity index (χ3n) is 6.10. The summed E-state index contributed by atoms with van der Waals surface area (Å²) in [5, 5.41) is 2.96. The second-order valence-corrected chi connectivity index (χ2v) is 10.6. The zero-order valence-corrected chi connectivity index (χ0v) is 20.8. The molecule has 2 N–H and O–H groups in total. The van der Waals surface area contributed by atoms with Gasteiger partial charge in [-0.25, -0.2) is 8.42 Å². The van der Waals surface area contributed by atoms with Crippen LogP contribution >= 0.6 is 0 Å². The Morgan fingerprint density at radius 1 is 0.971 bits per heavy atom. The van der Waals surface area contributed by atoms with Crippen molar-refractivity contribution in [3.63, 3.8) is 0 Å². The highest BCUT2D eigenvalue weighted by Gasteiger charge is 2.27. The Bertz CT molecular complexity index is 1350. The van der Waals surface area contributed by atoms with Crippen LogP contribution in [0.3, 0.4) is 0 Å². The Morgan fingerprint density at radius 2 is 1.71 bits per heavy atom. The monoisotopic (exact) mass is 495 g/mol. The predicted molar refractivity (Wildman–Crippen MR) is 133 cm³/mol. The summed E-state index contributed by atoms with van der Waals surface area (Å²) in [5.74, 6) is 0.456. The van der Waals surface area contributed by atoms with E-state index in [4.69, 9.17) is 4.42 Å². The fourth-order valence-corrected chi connectivity index (χ4v) is 5.21. The number of piperidine rings is 1. The third kappa shape index (κ3) is 5.74. The number of amides is 2. The van der Waals surface area contributed by atoms with Crippen LogP contribution in [0.5, 0.6) is 0 Å². The number of anilines is 1. The quantitative estimate of drug-likeness (QED) is 0.537. The number of furan rings is 1. The zero-order chi connectivity index (χ0) is 25.2. The van der Waals surface area contributed by atoms with E-state index in [-0.39, 0.29) is 28.5 Å². The van der Waals surface area contributed by atoms with Crippen molar-refractivity contribution in [3.05, 3.63) is 82.8 Å². The maximum atomic E-state index is 13.3. The molecule has 0 saturated carbocycles. The van der Waals surface area contributed by atoms with Crippen LogP contribution in [-0.4, -0.2) is 44.3 Å². The summed E-state index contributed by atoms with van der Waals surface area (Å²) in [6, 6.07) is 15.0. The number of carbonyl (C=O) groups is 2. The summed E-state index contributed by atoms with van der Waals surface area (Å²) < 4.78 is 33.9. The first-order chi connectivity index (χ1) is 16.6. The van der Waals surface area contributed by atoms with Crippen LogP contribution in [0.1, 0.15) is 50.6 Å². The summed E-state index contributed by atoms with van der Waals surface area (Å²) in [7, 11) is -3.86. The molecule has 2 heterocycles. The Balaban J connectivity index is 1.42. The molecule has 184 valence electrons. The summed E-state index contributed by atoms with van der Waals surface area (Å²) in [6.07, 6.45) is 1.20. The first-order valence-electron chi connectivity index (χ1n) is 11.5. The topological polar surface area (TPSA) is 109 Å². The molecule has 0 bridgehead atoms. The van der Waals surface area contributed by atoms with E-state index in [0.29, 0.717) is 48.5 Å². The van der Waals surface area contributed by atoms with E-state index >= 15 is 0 Å². The first kappa shape index (κ1) is 24.5.